The first-order chi connectivity index (χ1) is 21.1. The van der Waals surface area contributed by atoms with E-state index in [1.54, 1.807) is 66.4 Å². The molecule has 0 radical (unpaired) electrons. The highest BCUT2D eigenvalue weighted by atomic mass is 16.5. The molecular weight excluding hydrogens is 562 g/mol. The Morgan fingerprint density at radius 3 is 2.39 bits per heavy atom. The Hall–Kier alpha value is -4.51. The molecule has 0 spiro atoms. The van der Waals surface area contributed by atoms with Gasteiger partial charge in [-0.2, -0.15) is 0 Å². The quantitative estimate of drug-likeness (QED) is 0.220. The molecule has 10 heteroatoms. The predicted molar refractivity (Wildman–Crippen MR) is 167 cm³/mol. The highest BCUT2D eigenvalue weighted by Crippen LogP contribution is 2.47. The number of hydrogen-bond acceptors (Lipinski definition) is 7. The normalized spacial score (nSPS) is 17.3. The molecule has 0 aliphatic carbocycles. The lowest BCUT2D eigenvalue weighted by molar-refractivity contribution is -0.139. The van der Waals surface area contributed by atoms with E-state index in [4.69, 9.17) is 4.74 Å². The van der Waals surface area contributed by atoms with Crippen molar-refractivity contribution in [2.24, 2.45) is 5.92 Å². The minimum absolute atomic E-state index is 0.0358. The van der Waals surface area contributed by atoms with E-state index in [9.17, 15) is 29.7 Å². The number of carbonyl (C=O) groups is 3. The minimum atomic E-state index is -1.91. The Morgan fingerprint density at radius 1 is 1.05 bits per heavy atom. The minimum Gasteiger partial charge on any atom is -0.497 e. The van der Waals surface area contributed by atoms with Crippen LogP contribution in [-0.4, -0.2) is 64.3 Å². The van der Waals surface area contributed by atoms with Crippen LogP contribution in [0.4, 0.5) is 11.4 Å². The van der Waals surface area contributed by atoms with Crippen LogP contribution in [0.5, 0.6) is 5.75 Å². The van der Waals surface area contributed by atoms with Gasteiger partial charge in [-0.25, -0.2) is 0 Å². The van der Waals surface area contributed by atoms with Crippen molar-refractivity contribution in [1.82, 2.24) is 4.90 Å². The van der Waals surface area contributed by atoms with Crippen molar-refractivity contribution in [3.63, 3.8) is 0 Å². The number of methoxy groups -OCH3 is 1. The van der Waals surface area contributed by atoms with E-state index in [1.165, 1.54) is 18.9 Å². The van der Waals surface area contributed by atoms with Crippen LogP contribution in [0.1, 0.15) is 37.0 Å². The molecule has 3 aromatic rings. The fourth-order valence-corrected chi connectivity index (χ4v) is 5.19. The van der Waals surface area contributed by atoms with Gasteiger partial charge >= 0.3 is 0 Å². The van der Waals surface area contributed by atoms with Crippen molar-refractivity contribution < 1.29 is 34.4 Å². The van der Waals surface area contributed by atoms with Crippen LogP contribution in [-0.2, 0) is 33.1 Å². The van der Waals surface area contributed by atoms with E-state index in [1.807, 2.05) is 30.3 Å². The van der Waals surface area contributed by atoms with Gasteiger partial charge in [0, 0.05) is 36.7 Å². The molecule has 1 heterocycles. The third-order valence-corrected chi connectivity index (χ3v) is 7.73. The smallest absolute Gasteiger partial charge is 0.264 e. The van der Waals surface area contributed by atoms with Crippen LogP contribution in [0.2, 0.25) is 0 Å². The monoisotopic (exact) mass is 601 g/mol. The van der Waals surface area contributed by atoms with Crippen LogP contribution in [0.15, 0.2) is 84.9 Å². The molecule has 0 aromatic heterocycles. The molecule has 232 valence electrons. The van der Waals surface area contributed by atoms with Crippen molar-refractivity contribution in [3.05, 3.63) is 102 Å². The summed E-state index contributed by atoms with van der Waals surface area (Å²) in [7, 11) is 1.51. The van der Waals surface area contributed by atoms with Crippen LogP contribution < -0.4 is 15.0 Å². The average molecular weight is 602 g/mol. The molecule has 0 fully saturated rings. The number of aliphatic hydroxyl groups is 3. The van der Waals surface area contributed by atoms with Gasteiger partial charge in [-0.05, 0) is 48.4 Å². The van der Waals surface area contributed by atoms with Gasteiger partial charge in [0.25, 0.3) is 11.8 Å². The van der Waals surface area contributed by atoms with Crippen molar-refractivity contribution in [2.75, 3.05) is 30.5 Å². The van der Waals surface area contributed by atoms with Gasteiger partial charge in [0.15, 0.2) is 5.60 Å². The van der Waals surface area contributed by atoms with Gasteiger partial charge < -0.3 is 35.2 Å². The van der Waals surface area contributed by atoms with Gasteiger partial charge in [-0.15, -0.1) is 0 Å². The lowest BCUT2D eigenvalue weighted by atomic mass is 9.83. The number of nitrogens with one attached hydrogen (secondary N) is 1. The molecule has 10 nitrogen and oxygen atoms in total. The van der Waals surface area contributed by atoms with Crippen LogP contribution in [0.25, 0.3) is 0 Å². The number of nitrogens with zero attached hydrogens (tertiary/aromatic N) is 2. The highest BCUT2D eigenvalue weighted by molar-refractivity contribution is 6.07. The molecule has 1 aliphatic rings. The molecule has 0 bridgehead atoms. The molecule has 3 amide bonds. The second kappa shape index (κ2) is 14.3. The molecule has 0 unspecified atom stereocenters. The van der Waals surface area contributed by atoms with Gasteiger partial charge in [-0.1, -0.05) is 61.5 Å². The summed E-state index contributed by atoms with van der Waals surface area (Å²) in [6, 6.07) is 21.5. The van der Waals surface area contributed by atoms with Crippen molar-refractivity contribution in [3.8, 4) is 5.75 Å². The molecule has 3 aromatic carbocycles. The fraction of sp³-hybridized carbons (Fsp3) is 0.324. The number of rotatable bonds is 13. The zero-order chi connectivity index (χ0) is 31.9. The van der Waals surface area contributed by atoms with Gasteiger partial charge in [0.1, 0.15) is 11.9 Å². The Kier molecular flexibility index (Phi) is 10.5. The molecule has 4 N–H and O–H groups in total. The second-order valence-corrected chi connectivity index (χ2v) is 10.8. The number of hydrogen-bond donors (Lipinski definition) is 4. The van der Waals surface area contributed by atoms with Crippen LogP contribution >= 0.6 is 0 Å². The Balaban J connectivity index is 1.52. The van der Waals surface area contributed by atoms with Crippen molar-refractivity contribution >= 4 is 29.1 Å². The van der Waals surface area contributed by atoms with E-state index in [-0.39, 0.29) is 32.0 Å². The zero-order valence-corrected chi connectivity index (χ0v) is 25.1. The summed E-state index contributed by atoms with van der Waals surface area (Å²) in [6.07, 6.45) is 2.21. The summed E-state index contributed by atoms with van der Waals surface area (Å²) < 4.78 is 5.39. The van der Waals surface area contributed by atoms with E-state index >= 15 is 0 Å². The van der Waals surface area contributed by atoms with Crippen LogP contribution in [0, 0.1) is 5.92 Å². The lowest BCUT2D eigenvalue weighted by Gasteiger charge is -2.28. The summed E-state index contributed by atoms with van der Waals surface area (Å²) in [5.41, 5.74) is 1.24. The first kappa shape index (κ1) is 32.4. The molecule has 3 atom stereocenters. The Morgan fingerprint density at radius 2 is 1.75 bits per heavy atom. The molecule has 4 rings (SSSR count). The topological polar surface area (TPSA) is 140 Å². The SMILES string of the molecule is COc1ccc2c(c1)[C@](O)([C@@H](C)/C=C/CC(=O)N(CCO)Cc1ccccc1)C(=O)N2Cc1ccc(NC(=O)[C@H](C)O)cc1. The summed E-state index contributed by atoms with van der Waals surface area (Å²) in [6.45, 7) is 3.65. The van der Waals surface area contributed by atoms with E-state index in [2.05, 4.69) is 5.32 Å². The summed E-state index contributed by atoms with van der Waals surface area (Å²) in [4.78, 5) is 41.8. The van der Waals surface area contributed by atoms with Crippen molar-refractivity contribution in [2.45, 2.75) is 45.1 Å². The number of carbonyl (C=O) groups excluding carboxylic acids is 3. The molecule has 0 saturated heterocycles. The maximum atomic E-state index is 13.9. The first-order valence-electron chi connectivity index (χ1n) is 14.5. The maximum absolute atomic E-state index is 13.9. The van der Waals surface area contributed by atoms with Crippen molar-refractivity contribution in [1.29, 1.82) is 0 Å². The number of benzene rings is 3. The third kappa shape index (κ3) is 7.16. The number of anilines is 2. The standard InChI is InChI=1S/C34H39N3O7/c1-23(8-7-11-31(40)36(18-19-38)21-25-9-5-4-6-10-25)34(43)29-20-28(44-3)16-17-30(29)37(33(34)42)22-26-12-14-27(15-13-26)35-32(41)24(2)39/h4-10,12-17,20,23-24,38-39,43H,11,18-19,21-22H2,1-3H3,(H,35,41)/b8-7+/t23-,24-,34+/m0/s1. The van der Waals surface area contributed by atoms with E-state index < -0.39 is 29.4 Å². The Bertz CT molecular complexity index is 1490. The second-order valence-electron chi connectivity index (χ2n) is 10.8. The Labute approximate surface area is 257 Å². The third-order valence-electron chi connectivity index (χ3n) is 7.73. The van der Waals surface area contributed by atoms with Crippen LogP contribution in [0.3, 0.4) is 0 Å². The van der Waals surface area contributed by atoms with Gasteiger partial charge in [-0.3, -0.25) is 14.4 Å². The fourth-order valence-electron chi connectivity index (χ4n) is 5.19. The maximum Gasteiger partial charge on any atom is 0.264 e. The van der Waals surface area contributed by atoms with E-state index in [0.717, 1.165) is 11.1 Å². The molecular formula is C34H39N3O7. The van der Waals surface area contributed by atoms with E-state index in [0.29, 0.717) is 29.2 Å². The number of aliphatic hydroxyl groups excluding tert-OH is 2. The highest BCUT2D eigenvalue weighted by Gasteiger charge is 2.52. The summed E-state index contributed by atoms with van der Waals surface area (Å²) in [5, 5.41) is 33.5. The lowest BCUT2D eigenvalue weighted by Crippen LogP contribution is -2.44. The predicted octanol–water partition coefficient (Wildman–Crippen LogP) is 3.35. The van der Waals surface area contributed by atoms with Gasteiger partial charge in [0.05, 0.1) is 25.9 Å². The first-order valence-corrected chi connectivity index (χ1v) is 14.5. The molecule has 0 saturated carbocycles. The zero-order valence-electron chi connectivity index (χ0n) is 25.1. The summed E-state index contributed by atoms with van der Waals surface area (Å²) in [5.74, 6) is -1.44. The largest absolute Gasteiger partial charge is 0.497 e. The number of amides is 3. The summed E-state index contributed by atoms with van der Waals surface area (Å²) >= 11 is 0. The molecule has 1 aliphatic heterocycles. The number of fused-ring (bicyclic) bond motifs is 1. The average Bonchev–Trinajstić information content (AvgIpc) is 3.24. The molecule has 44 heavy (non-hydrogen) atoms. The number of ether oxygens (including phenoxy) is 1. The van der Waals surface area contributed by atoms with Gasteiger partial charge in [0.2, 0.25) is 5.91 Å².